The average molecular weight is 309 g/mol. The number of aromatic nitrogens is 2. The van der Waals surface area contributed by atoms with E-state index in [-0.39, 0.29) is 16.4 Å². The van der Waals surface area contributed by atoms with E-state index in [1.807, 2.05) is 6.92 Å². The van der Waals surface area contributed by atoms with Gasteiger partial charge in [0, 0.05) is 6.54 Å². The molecule has 0 fully saturated rings. The molecule has 0 spiro atoms. The van der Waals surface area contributed by atoms with Crippen molar-refractivity contribution in [3.8, 4) is 0 Å². The van der Waals surface area contributed by atoms with E-state index in [1.165, 1.54) is 18.2 Å². The van der Waals surface area contributed by atoms with Crippen molar-refractivity contribution in [1.82, 2.24) is 10.2 Å². The molecule has 110 valence electrons. The summed E-state index contributed by atoms with van der Waals surface area (Å²) in [5.41, 5.74) is 0.314. The molecule has 2 N–H and O–H groups in total. The van der Waals surface area contributed by atoms with Crippen molar-refractivity contribution in [3.05, 3.63) is 46.9 Å². The minimum atomic E-state index is -0.503. The fourth-order valence-corrected chi connectivity index (χ4v) is 1.75. The molecule has 0 saturated heterocycles. The van der Waals surface area contributed by atoms with E-state index in [4.69, 9.17) is 11.6 Å². The van der Waals surface area contributed by atoms with E-state index < -0.39 is 11.7 Å². The fourth-order valence-electron chi connectivity index (χ4n) is 1.58. The Kier molecular flexibility index (Phi) is 5.05. The number of carbonyl (C=O) groups excluding carboxylic acids is 1. The Bertz CT molecular complexity index is 633. The summed E-state index contributed by atoms with van der Waals surface area (Å²) in [5, 5.41) is 13.5. The third-order valence-corrected chi connectivity index (χ3v) is 2.96. The van der Waals surface area contributed by atoms with Crippen molar-refractivity contribution in [2.24, 2.45) is 0 Å². The minimum absolute atomic E-state index is 0.123. The zero-order chi connectivity index (χ0) is 15.2. The first kappa shape index (κ1) is 15.2. The molecule has 0 radical (unpaired) electrons. The van der Waals surface area contributed by atoms with Crippen LogP contribution in [0.4, 0.5) is 15.9 Å². The van der Waals surface area contributed by atoms with Crippen LogP contribution in [0.1, 0.15) is 23.8 Å². The second-order valence-electron chi connectivity index (χ2n) is 4.31. The van der Waals surface area contributed by atoms with E-state index in [9.17, 15) is 9.18 Å². The van der Waals surface area contributed by atoms with Gasteiger partial charge in [-0.1, -0.05) is 18.5 Å². The third-order valence-electron chi connectivity index (χ3n) is 2.63. The van der Waals surface area contributed by atoms with Gasteiger partial charge < -0.3 is 10.6 Å². The zero-order valence-corrected chi connectivity index (χ0v) is 12.1. The number of nitrogens with zero attached hydrogens (tertiary/aromatic N) is 2. The lowest BCUT2D eigenvalue weighted by Gasteiger charge is -2.07. The van der Waals surface area contributed by atoms with Crippen molar-refractivity contribution < 1.29 is 9.18 Å². The van der Waals surface area contributed by atoms with E-state index in [2.05, 4.69) is 20.8 Å². The maximum atomic E-state index is 13.1. The Balaban J connectivity index is 2.07. The molecule has 0 unspecified atom stereocenters. The minimum Gasteiger partial charge on any atom is -0.369 e. The molecular weight excluding hydrogens is 295 g/mol. The molecule has 0 aliphatic rings. The number of halogens is 2. The van der Waals surface area contributed by atoms with Crippen LogP contribution in [-0.2, 0) is 0 Å². The lowest BCUT2D eigenvalue weighted by atomic mass is 10.3. The average Bonchev–Trinajstić information content (AvgIpc) is 2.49. The van der Waals surface area contributed by atoms with Gasteiger partial charge in [-0.3, -0.25) is 4.79 Å². The summed E-state index contributed by atoms with van der Waals surface area (Å²) in [4.78, 5) is 12.0. The molecule has 0 aliphatic heterocycles. The van der Waals surface area contributed by atoms with Crippen LogP contribution in [0.5, 0.6) is 0 Å². The van der Waals surface area contributed by atoms with Gasteiger partial charge >= 0.3 is 0 Å². The number of hydrogen-bond donors (Lipinski definition) is 2. The standard InChI is InChI=1S/C14H14ClFN4O/c1-2-7-17-13-6-5-11(19-20-13)14(21)18-12-8-9(16)3-4-10(12)15/h3-6,8H,2,7H2,1H3,(H,17,20)(H,18,21). The first-order valence-corrected chi connectivity index (χ1v) is 6.82. The number of rotatable bonds is 5. The molecule has 1 heterocycles. The van der Waals surface area contributed by atoms with Gasteiger partial charge in [0.05, 0.1) is 10.7 Å². The SMILES string of the molecule is CCCNc1ccc(C(=O)Nc2cc(F)ccc2Cl)nn1. The van der Waals surface area contributed by atoms with Gasteiger partial charge in [0.25, 0.3) is 5.91 Å². The van der Waals surface area contributed by atoms with Crippen molar-refractivity contribution >= 4 is 29.0 Å². The summed E-state index contributed by atoms with van der Waals surface area (Å²) < 4.78 is 13.1. The molecule has 0 aliphatic carbocycles. The highest BCUT2D eigenvalue weighted by Gasteiger charge is 2.11. The van der Waals surface area contributed by atoms with Crippen LogP contribution in [0.15, 0.2) is 30.3 Å². The highest BCUT2D eigenvalue weighted by Crippen LogP contribution is 2.22. The van der Waals surface area contributed by atoms with Crippen LogP contribution in [0, 0.1) is 5.82 Å². The predicted octanol–water partition coefficient (Wildman–Crippen LogP) is 3.34. The maximum absolute atomic E-state index is 13.1. The number of anilines is 2. The Morgan fingerprint density at radius 1 is 1.29 bits per heavy atom. The molecule has 2 rings (SSSR count). The second-order valence-corrected chi connectivity index (χ2v) is 4.72. The van der Waals surface area contributed by atoms with Gasteiger partial charge in [-0.25, -0.2) is 4.39 Å². The Labute approximate surface area is 126 Å². The number of nitrogens with one attached hydrogen (secondary N) is 2. The monoisotopic (exact) mass is 308 g/mol. The largest absolute Gasteiger partial charge is 0.369 e. The highest BCUT2D eigenvalue weighted by atomic mass is 35.5. The van der Waals surface area contributed by atoms with Crippen LogP contribution < -0.4 is 10.6 Å². The Morgan fingerprint density at radius 3 is 2.76 bits per heavy atom. The molecule has 1 aromatic carbocycles. The van der Waals surface area contributed by atoms with Crippen molar-refractivity contribution in [3.63, 3.8) is 0 Å². The normalized spacial score (nSPS) is 10.2. The summed E-state index contributed by atoms with van der Waals surface area (Å²) in [6, 6.07) is 6.92. The Hall–Kier alpha value is -2.21. The third kappa shape index (κ3) is 4.13. The van der Waals surface area contributed by atoms with Crippen molar-refractivity contribution in [2.45, 2.75) is 13.3 Å². The second kappa shape index (κ2) is 6.99. The first-order valence-electron chi connectivity index (χ1n) is 6.44. The molecule has 7 heteroatoms. The number of carbonyl (C=O) groups is 1. The molecular formula is C14H14ClFN4O. The van der Waals surface area contributed by atoms with E-state index in [1.54, 1.807) is 6.07 Å². The van der Waals surface area contributed by atoms with Gasteiger partial charge in [-0.15, -0.1) is 10.2 Å². The fraction of sp³-hybridized carbons (Fsp3) is 0.214. The summed E-state index contributed by atoms with van der Waals surface area (Å²) in [6.07, 6.45) is 0.960. The van der Waals surface area contributed by atoms with Crippen LogP contribution in [0.25, 0.3) is 0 Å². The molecule has 0 saturated carbocycles. The molecule has 1 amide bonds. The van der Waals surface area contributed by atoms with E-state index >= 15 is 0 Å². The number of hydrogen-bond acceptors (Lipinski definition) is 4. The lowest BCUT2D eigenvalue weighted by Crippen LogP contribution is -2.15. The van der Waals surface area contributed by atoms with Crippen molar-refractivity contribution in [1.29, 1.82) is 0 Å². The van der Waals surface area contributed by atoms with Gasteiger partial charge in [0.2, 0.25) is 0 Å². The predicted molar refractivity (Wildman–Crippen MR) is 80.2 cm³/mol. The van der Waals surface area contributed by atoms with E-state index in [0.29, 0.717) is 5.82 Å². The smallest absolute Gasteiger partial charge is 0.276 e. The molecule has 1 aromatic heterocycles. The molecule has 2 aromatic rings. The van der Waals surface area contributed by atoms with Gasteiger partial charge in [-0.2, -0.15) is 0 Å². The quantitative estimate of drug-likeness (QED) is 0.889. The maximum Gasteiger partial charge on any atom is 0.276 e. The topological polar surface area (TPSA) is 66.9 Å². The van der Waals surface area contributed by atoms with Crippen molar-refractivity contribution in [2.75, 3.05) is 17.2 Å². The summed E-state index contributed by atoms with van der Waals surface area (Å²) in [5.74, 6) is -0.394. The number of amides is 1. The van der Waals surface area contributed by atoms with Crippen LogP contribution in [-0.4, -0.2) is 22.6 Å². The van der Waals surface area contributed by atoms with Crippen LogP contribution >= 0.6 is 11.6 Å². The summed E-state index contributed by atoms with van der Waals surface area (Å²) >= 11 is 5.88. The highest BCUT2D eigenvalue weighted by molar-refractivity contribution is 6.33. The lowest BCUT2D eigenvalue weighted by molar-refractivity contribution is 0.102. The summed E-state index contributed by atoms with van der Waals surface area (Å²) in [6.45, 7) is 2.81. The van der Waals surface area contributed by atoms with Crippen LogP contribution in [0.2, 0.25) is 5.02 Å². The van der Waals surface area contributed by atoms with Gasteiger partial charge in [0.1, 0.15) is 11.6 Å². The molecule has 0 bridgehead atoms. The molecule has 5 nitrogen and oxygen atoms in total. The zero-order valence-electron chi connectivity index (χ0n) is 11.4. The summed E-state index contributed by atoms with van der Waals surface area (Å²) in [7, 11) is 0. The number of benzene rings is 1. The molecule has 0 atom stereocenters. The van der Waals surface area contributed by atoms with Crippen LogP contribution in [0.3, 0.4) is 0 Å². The van der Waals surface area contributed by atoms with Gasteiger partial charge in [-0.05, 0) is 36.8 Å². The molecule has 21 heavy (non-hydrogen) atoms. The van der Waals surface area contributed by atoms with E-state index in [0.717, 1.165) is 19.0 Å². The Morgan fingerprint density at radius 2 is 2.10 bits per heavy atom. The van der Waals surface area contributed by atoms with Gasteiger partial charge in [0.15, 0.2) is 5.69 Å². The first-order chi connectivity index (χ1) is 10.1.